The number of hydrogen-bond donors (Lipinski definition) is 2. The number of rotatable bonds is 11. The summed E-state index contributed by atoms with van der Waals surface area (Å²) >= 11 is 1.29. The van der Waals surface area contributed by atoms with Crippen molar-refractivity contribution in [3.63, 3.8) is 0 Å². The third-order valence-electron chi connectivity index (χ3n) is 6.80. The van der Waals surface area contributed by atoms with Crippen LogP contribution >= 0.6 is 11.3 Å². The van der Waals surface area contributed by atoms with Crippen LogP contribution in [0.3, 0.4) is 0 Å². The number of benzene rings is 3. The molecule has 4 aromatic rings. The molecule has 0 spiro atoms. The molecule has 2 N–H and O–H groups in total. The first-order valence-electron chi connectivity index (χ1n) is 14.9. The molecule has 1 heterocycles. The largest absolute Gasteiger partial charge is 0.467 e. The predicted molar refractivity (Wildman–Crippen MR) is 184 cm³/mol. The summed E-state index contributed by atoms with van der Waals surface area (Å²) in [5.74, 6) is -1.08. The first kappa shape index (κ1) is 33.9. The lowest BCUT2D eigenvalue weighted by Gasteiger charge is -2.19. The third kappa shape index (κ3) is 10.0. The number of hydrogen-bond acceptors (Lipinski definition) is 7. The van der Waals surface area contributed by atoms with E-state index in [0.29, 0.717) is 9.88 Å². The van der Waals surface area contributed by atoms with E-state index < -0.39 is 29.6 Å². The summed E-state index contributed by atoms with van der Waals surface area (Å²) in [5.41, 5.74) is 4.30. The van der Waals surface area contributed by atoms with Gasteiger partial charge in [-0.25, -0.2) is 14.6 Å². The second-order valence-electron chi connectivity index (χ2n) is 11.5. The molecule has 238 valence electrons. The second kappa shape index (κ2) is 15.8. The van der Waals surface area contributed by atoms with Gasteiger partial charge in [-0.1, -0.05) is 103 Å². The Balaban J connectivity index is 1.60. The Hall–Kier alpha value is -5.02. The molecule has 0 aliphatic rings. The van der Waals surface area contributed by atoms with Crippen molar-refractivity contribution in [2.45, 2.75) is 52.3 Å². The van der Waals surface area contributed by atoms with Crippen LogP contribution in [-0.4, -0.2) is 41.7 Å². The van der Waals surface area contributed by atoms with Gasteiger partial charge in [0, 0.05) is 11.3 Å². The number of aromatic nitrogens is 1. The molecule has 8 nitrogen and oxygen atoms in total. The van der Waals surface area contributed by atoms with Crippen molar-refractivity contribution < 1.29 is 23.9 Å². The van der Waals surface area contributed by atoms with Crippen molar-refractivity contribution >= 4 is 53.6 Å². The predicted octanol–water partition coefficient (Wildman–Crippen LogP) is 7.33. The number of carbonyl (C=O) groups excluding carboxylic acids is 3. The lowest BCUT2D eigenvalue weighted by molar-refractivity contribution is -0.142. The number of thiazole rings is 1. The Morgan fingerprint density at radius 2 is 1.41 bits per heavy atom. The van der Waals surface area contributed by atoms with Gasteiger partial charge >= 0.3 is 12.1 Å². The maximum absolute atomic E-state index is 13.5. The van der Waals surface area contributed by atoms with E-state index in [2.05, 4.69) is 15.6 Å². The van der Waals surface area contributed by atoms with E-state index >= 15 is 0 Å². The Morgan fingerprint density at radius 3 is 1.93 bits per heavy atom. The minimum atomic E-state index is -0.989. The molecule has 0 fully saturated rings. The average molecular weight is 638 g/mol. The maximum Gasteiger partial charge on any atom is 0.408 e. The van der Waals surface area contributed by atoms with Gasteiger partial charge in [0.25, 0.3) is 5.91 Å². The molecule has 9 heteroatoms. The minimum absolute atomic E-state index is 0.104. The molecule has 46 heavy (non-hydrogen) atoms. The van der Waals surface area contributed by atoms with Crippen molar-refractivity contribution in [3.8, 4) is 0 Å². The normalized spacial score (nSPS) is 12.2. The van der Waals surface area contributed by atoms with Crippen LogP contribution in [0.15, 0.2) is 78.9 Å². The third-order valence-corrected chi connectivity index (χ3v) is 7.77. The molecule has 0 aliphatic heterocycles. The van der Waals surface area contributed by atoms with E-state index in [0.717, 1.165) is 27.8 Å². The van der Waals surface area contributed by atoms with Gasteiger partial charge in [-0.3, -0.25) is 4.79 Å². The van der Waals surface area contributed by atoms with Gasteiger partial charge in [-0.15, -0.1) is 11.3 Å². The molecule has 3 aromatic carbocycles. The van der Waals surface area contributed by atoms with Crippen LogP contribution in [0.25, 0.3) is 24.3 Å². The lowest BCUT2D eigenvalue weighted by Crippen LogP contribution is -2.43. The van der Waals surface area contributed by atoms with Crippen LogP contribution in [0, 0.1) is 6.92 Å². The SMILES string of the molecule is COC(=O)[C@H](Cc1c(/C=C/c2ccccc2)cccc1/C=C/c1ccccc1)NC(=O)c1nc(CNC(=O)OC(C)(C)C)sc1C. The minimum Gasteiger partial charge on any atom is -0.467 e. The van der Waals surface area contributed by atoms with E-state index in [-0.39, 0.29) is 18.7 Å². The molecule has 0 unspecified atom stereocenters. The number of carbonyl (C=O) groups is 3. The van der Waals surface area contributed by atoms with Gasteiger partial charge < -0.3 is 20.1 Å². The van der Waals surface area contributed by atoms with Gasteiger partial charge in [0.05, 0.1) is 13.7 Å². The summed E-state index contributed by atoms with van der Waals surface area (Å²) in [7, 11) is 1.30. The molecule has 4 rings (SSSR count). The highest BCUT2D eigenvalue weighted by Gasteiger charge is 2.27. The van der Waals surface area contributed by atoms with Gasteiger partial charge in [0.1, 0.15) is 22.3 Å². The van der Waals surface area contributed by atoms with Gasteiger partial charge in [-0.05, 0) is 55.5 Å². The van der Waals surface area contributed by atoms with E-state index in [4.69, 9.17) is 9.47 Å². The van der Waals surface area contributed by atoms with Crippen molar-refractivity contribution in [1.29, 1.82) is 0 Å². The van der Waals surface area contributed by atoms with Crippen LogP contribution in [-0.2, 0) is 27.2 Å². The first-order valence-corrected chi connectivity index (χ1v) is 15.7. The molecule has 2 amide bonds. The van der Waals surface area contributed by atoms with Gasteiger partial charge in [0.15, 0.2) is 0 Å². The highest BCUT2D eigenvalue weighted by Crippen LogP contribution is 2.24. The summed E-state index contributed by atoms with van der Waals surface area (Å²) in [6.45, 7) is 7.21. The van der Waals surface area contributed by atoms with Gasteiger partial charge in [-0.2, -0.15) is 0 Å². The van der Waals surface area contributed by atoms with E-state index in [9.17, 15) is 14.4 Å². The average Bonchev–Trinajstić information content (AvgIpc) is 3.42. The Kier molecular flexibility index (Phi) is 11.6. The summed E-state index contributed by atoms with van der Waals surface area (Å²) in [6, 6.07) is 24.8. The lowest BCUT2D eigenvalue weighted by atomic mass is 9.93. The fourth-order valence-corrected chi connectivity index (χ4v) is 5.51. The number of alkyl carbamates (subject to hydrolysis) is 1. The van der Waals surface area contributed by atoms with Crippen LogP contribution in [0.2, 0.25) is 0 Å². The molecule has 0 aliphatic carbocycles. The zero-order valence-electron chi connectivity index (χ0n) is 26.7. The molecular formula is C37H39N3O5S. The standard InChI is InChI=1S/C37H39N3O5S/c1-25-33(40-32(46-25)24-38-36(43)45-37(2,3)4)34(41)39-31(35(42)44-5)23-30-28(21-19-26-13-8-6-9-14-26)17-12-18-29(30)22-20-27-15-10-7-11-16-27/h6-22,31H,23-24H2,1-5H3,(H,38,43)(H,39,41)/b21-19+,22-20+/t31-/m0/s1. The topological polar surface area (TPSA) is 107 Å². The number of ether oxygens (including phenoxy) is 2. The maximum atomic E-state index is 13.5. The second-order valence-corrected chi connectivity index (χ2v) is 12.8. The van der Waals surface area contributed by atoms with Crippen LogP contribution < -0.4 is 10.6 Å². The Morgan fingerprint density at radius 1 is 0.848 bits per heavy atom. The molecule has 1 atom stereocenters. The zero-order chi connectivity index (χ0) is 33.1. The molecule has 0 radical (unpaired) electrons. The molecule has 0 saturated carbocycles. The van der Waals surface area contributed by atoms with Crippen molar-refractivity contribution in [1.82, 2.24) is 15.6 Å². The highest BCUT2D eigenvalue weighted by molar-refractivity contribution is 7.11. The van der Waals surface area contributed by atoms with E-state index in [1.807, 2.05) is 103 Å². The van der Waals surface area contributed by atoms with Crippen LogP contribution in [0.5, 0.6) is 0 Å². The number of esters is 1. The summed E-state index contributed by atoms with van der Waals surface area (Å²) in [4.78, 5) is 43.8. The zero-order valence-corrected chi connectivity index (χ0v) is 27.5. The summed E-state index contributed by atoms with van der Waals surface area (Å²) in [5, 5.41) is 6.05. The quantitative estimate of drug-likeness (QED) is 0.132. The first-order chi connectivity index (χ1) is 22.0. The van der Waals surface area contributed by atoms with Crippen molar-refractivity contribution in [3.05, 3.63) is 122 Å². The van der Waals surface area contributed by atoms with E-state index in [1.165, 1.54) is 18.4 Å². The molecule has 1 aromatic heterocycles. The highest BCUT2D eigenvalue weighted by atomic mass is 32.1. The number of methoxy groups -OCH3 is 1. The fraction of sp³-hybridized carbons (Fsp3) is 0.243. The molecule has 0 bridgehead atoms. The van der Waals surface area contributed by atoms with Gasteiger partial charge in [0.2, 0.25) is 0 Å². The number of amides is 2. The van der Waals surface area contributed by atoms with Crippen LogP contribution in [0.4, 0.5) is 4.79 Å². The number of aryl methyl sites for hydroxylation is 1. The monoisotopic (exact) mass is 637 g/mol. The van der Waals surface area contributed by atoms with Crippen molar-refractivity contribution in [2.24, 2.45) is 0 Å². The molecular weight excluding hydrogens is 598 g/mol. The van der Waals surface area contributed by atoms with Crippen molar-refractivity contribution in [2.75, 3.05) is 7.11 Å². The van der Waals surface area contributed by atoms with E-state index in [1.54, 1.807) is 27.7 Å². The number of nitrogens with one attached hydrogen (secondary N) is 2. The Bertz CT molecular complexity index is 1640. The van der Waals surface area contributed by atoms with Crippen LogP contribution in [0.1, 0.15) is 69.0 Å². The molecule has 0 saturated heterocycles. The summed E-state index contributed by atoms with van der Waals surface area (Å²) in [6.07, 6.45) is 7.65. The smallest absolute Gasteiger partial charge is 0.408 e. The fourth-order valence-electron chi connectivity index (χ4n) is 4.64. The number of nitrogens with zero attached hydrogens (tertiary/aromatic N) is 1. The Labute approximate surface area is 274 Å². The summed E-state index contributed by atoms with van der Waals surface area (Å²) < 4.78 is 10.4.